The zero-order chi connectivity index (χ0) is 25.4. The standard InChI is InChI=1S/C24H23F4NO5/c1-12(2)19(11-30)29-10-16(23(32)33)22(31)15-8-14(20(34-3)9-18(15)29)7-13-5-4-6-17(25)21(13)24(26,27)28/h4-6,8-10,12,19,30H,7,11H2,1-3H3,(H,32,33)/t19-/m1/s1. The number of aromatic carboxylic acids is 1. The minimum atomic E-state index is -4.94. The van der Waals surface area contributed by atoms with Crippen LogP contribution in [0.15, 0.2) is 41.3 Å². The molecule has 0 saturated heterocycles. The Kier molecular flexibility index (Phi) is 7.02. The maximum atomic E-state index is 14.1. The van der Waals surface area contributed by atoms with Crippen molar-refractivity contribution in [1.29, 1.82) is 0 Å². The van der Waals surface area contributed by atoms with E-state index in [2.05, 4.69) is 0 Å². The first kappa shape index (κ1) is 25.2. The van der Waals surface area contributed by atoms with Crippen molar-refractivity contribution in [2.75, 3.05) is 13.7 Å². The van der Waals surface area contributed by atoms with Crippen molar-refractivity contribution < 1.29 is 37.3 Å². The fraction of sp³-hybridized carbons (Fsp3) is 0.333. The Morgan fingerprint density at radius 2 is 1.85 bits per heavy atom. The molecule has 0 fully saturated rings. The highest BCUT2D eigenvalue weighted by Crippen LogP contribution is 2.37. The molecule has 0 aliphatic rings. The van der Waals surface area contributed by atoms with Gasteiger partial charge in [0, 0.05) is 24.1 Å². The van der Waals surface area contributed by atoms with Crippen LogP contribution in [0.25, 0.3) is 10.9 Å². The van der Waals surface area contributed by atoms with Crippen LogP contribution in [0.1, 0.15) is 46.9 Å². The number of carbonyl (C=O) groups is 1. The normalized spacial score (nSPS) is 12.9. The number of nitrogens with zero attached hydrogens (tertiary/aromatic N) is 1. The number of pyridine rings is 1. The Balaban J connectivity index is 2.33. The lowest BCUT2D eigenvalue weighted by Crippen LogP contribution is -2.25. The second kappa shape index (κ2) is 9.46. The van der Waals surface area contributed by atoms with Gasteiger partial charge in [0.2, 0.25) is 5.43 Å². The molecule has 0 bridgehead atoms. The molecule has 0 spiro atoms. The van der Waals surface area contributed by atoms with Crippen LogP contribution in [0.4, 0.5) is 17.6 Å². The first-order valence-corrected chi connectivity index (χ1v) is 10.3. The van der Waals surface area contributed by atoms with Crippen LogP contribution in [0, 0.1) is 11.7 Å². The lowest BCUT2D eigenvalue weighted by Gasteiger charge is -2.25. The van der Waals surface area contributed by atoms with Crippen molar-refractivity contribution >= 4 is 16.9 Å². The lowest BCUT2D eigenvalue weighted by atomic mass is 9.96. The molecule has 1 aromatic heterocycles. The van der Waals surface area contributed by atoms with E-state index in [0.717, 1.165) is 18.3 Å². The molecule has 0 radical (unpaired) electrons. The van der Waals surface area contributed by atoms with E-state index in [9.17, 15) is 37.4 Å². The predicted molar refractivity (Wildman–Crippen MR) is 117 cm³/mol. The summed E-state index contributed by atoms with van der Waals surface area (Å²) in [6.07, 6.45) is -4.23. The second-order valence-corrected chi connectivity index (χ2v) is 8.21. The Hall–Kier alpha value is -3.40. The van der Waals surface area contributed by atoms with Crippen molar-refractivity contribution in [3.8, 4) is 5.75 Å². The van der Waals surface area contributed by atoms with Gasteiger partial charge in [-0.1, -0.05) is 26.0 Å². The van der Waals surface area contributed by atoms with Crippen LogP contribution in [0.5, 0.6) is 5.75 Å². The number of alkyl halides is 3. The van der Waals surface area contributed by atoms with Crippen LogP contribution in [-0.2, 0) is 12.6 Å². The SMILES string of the molecule is COc1cc2c(cc1Cc1cccc(F)c1C(F)(F)F)c(=O)c(C(=O)O)cn2[C@H](CO)C(C)C. The van der Waals surface area contributed by atoms with E-state index in [1.807, 2.05) is 0 Å². The molecule has 6 nitrogen and oxygen atoms in total. The fourth-order valence-corrected chi connectivity index (χ4v) is 4.04. The van der Waals surface area contributed by atoms with Gasteiger partial charge in [-0.25, -0.2) is 9.18 Å². The van der Waals surface area contributed by atoms with Gasteiger partial charge in [-0.3, -0.25) is 4.79 Å². The summed E-state index contributed by atoms with van der Waals surface area (Å²) in [5.74, 6) is -2.93. The number of fused-ring (bicyclic) bond motifs is 1. The van der Waals surface area contributed by atoms with Gasteiger partial charge in [0.05, 0.1) is 30.8 Å². The van der Waals surface area contributed by atoms with Crippen LogP contribution >= 0.6 is 0 Å². The first-order valence-electron chi connectivity index (χ1n) is 10.3. The molecule has 0 aliphatic carbocycles. The predicted octanol–water partition coefficient (Wildman–Crippen LogP) is 4.65. The summed E-state index contributed by atoms with van der Waals surface area (Å²) in [5.41, 5.74) is -2.78. The van der Waals surface area contributed by atoms with Crippen LogP contribution < -0.4 is 10.2 Å². The van der Waals surface area contributed by atoms with E-state index in [-0.39, 0.29) is 40.3 Å². The van der Waals surface area contributed by atoms with Crippen molar-refractivity contribution in [2.24, 2.45) is 5.92 Å². The van der Waals surface area contributed by atoms with E-state index in [1.54, 1.807) is 13.8 Å². The van der Waals surface area contributed by atoms with Crippen molar-refractivity contribution in [3.63, 3.8) is 0 Å². The van der Waals surface area contributed by atoms with Gasteiger partial charge >= 0.3 is 12.1 Å². The average Bonchev–Trinajstić information content (AvgIpc) is 2.74. The molecule has 0 aliphatic heterocycles. The Labute approximate surface area is 192 Å². The largest absolute Gasteiger partial charge is 0.496 e. The van der Waals surface area contributed by atoms with Crippen LogP contribution in [-0.4, -0.2) is 34.5 Å². The zero-order valence-electron chi connectivity index (χ0n) is 18.6. The molecule has 182 valence electrons. The number of methoxy groups -OCH3 is 1. The summed E-state index contributed by atoms with van der Waals surface area (Å²) in [6, 6.07) is 5.08. The first-order chi connectivity index (χ1) is 15.9. The second-order valence-electron chi connectivity index (χ2n) is 8.21. The van der Waals surface area contributed by atoms with E-state index in [4.69, 9.17) is 4.74 Å². The number of ether oxygens (including phenoxy) is 1. The number of hydrogen-bond acceptors (Lipinski definition) is 4. The number of hydrogen-bond donors (Lipinski definition) is 2. The Morgan fingerprint density at radius 1 is 1.18 bits per heavy atom. The van der Waals surface area contributed by atoms with Crippen LogP contribution in [0.3, 0.4) is 0 Å². The fourth-order valence-electron chi connectivity index (χ4n) is 4.04. The zero-order valence-corrected chi connectivity index (χ0v) is 18.6. The maximum Gasteiger partial charge on any atom is 0.419 e. The monoisotopic (exact) mass is 481 g/mol. The molecule has 2 aromatic carbocycles. The van der Waals surface area contributed by atoms with Crippen LogP contribution in [0.2, 0.25) is 0 Å². The average molecular weight is 481 g/mol. The molecular formula is C24H23F4NO5. The molecule has 0 saturated carbocycles. The highest BCUT2D eigenvalue weighted by atomic mass is 19.4. The van der Waals surface area contributed by atoms with Gasteiger partial charge in [0.15, 0.2) is 0 Å². The molecule has 2 N–H and O–H groups in total. The number of benzene rings is 2. The maximum absolute atomic E-state index is 14.1. The summed E-state index contributed by atoms with van der Waals surface area (Å²) >= 11 is 0. The number of rotatable bonds is 7. The van der Waals surface area contributed by atoms with E-state index >= 15 is 0 Å². The molecule has 1 heterocycles. The van der Waals surface area contributed by atoms with Crippen molar-refractivity contribution in [3.05, 3.63) is 74.8 Å². The van der Waals surface area contributed by atoms with E-state index < -0.39 is 47.0 Å². The number of halogens is 4. The van der Waals surface area contributed by atoms with Gasteiger partial charge < -0.3 is 19.5 Å². The Bertz CT molecular complexity index is 1300. The number of carboxylic acids is 1. The topological polar surface area (TPSA) is 88.8 Å². The minimum Gasteiger partial charge on any atom is -0.496 e. The number of aromatic nitrogens is 1. The highest BCUT2D eigenvalue weighted by Gasteiger charge is 2.36. The van der Waals surface area contributed by atoms with Crippen molar-refractivity contribution in [2.45, 2.75) is 32.5 Å². The molecule has 34 heavy (non-hydrogen) atoms. The van der Waals surface area contributed by atoms with Gasteiger partial charge in [-0.05, 0) is 29.2 Å². The van der Waals surface area contributed by atoms with Crippen molar-refractivity contribution in [1.82, 2.24) is 4.57 Å². The number of aliphatic hydroxyl groups is 1. The third-order valence-corrected chi connectivity index (χ3v) is 5.74. The smallest absolute Gasteiger partial charge is 0.419 e. The quantitative estimate of drug-likeness (QED) is 0.480. The molecule has 0 unspecified atom stereocenters. The molecule has 10 heteroatoms. The van der Waals surface area contributed by atoms with Gasteiger partial charge in [-0.2, -0.15) is 13.2 Å². The Morgan fingerprint density at radius 3 is 2.38 bits per heavy atom. The third kappa shape index (κ3) is 4.63. The molecule has 1 atom stereocenters. The highest BCUT2D eigenvalue weighted by molar-refractivity contribution is 5.93. The molecule has 0 amide bonds. The van der Waals surface area contributed by atoms with Gasteiger partial charge in [0.1, 0.15) is 17.1 Å². The summed E-state index contributed by atoms with van der Waals surface area (Å²) in [5, 5.41) is 19.4. The lowest BCUT2D eigenvalue weighted by molar-refractivity contribution is -0.140. The summed E-state index contributed by atoms with van der Waals surface area (Å²) < 4.78 is 61.4. The molecule has 3 rings (SSSR count). The minimum absolute atomic E-state index is 0.0697. The summed E-state index contributed by atoms with van der Waals surface area (Å²) in [7, 11) is 1.29. The third-order valence-electron chi connectivity index (χ3n) is 5.74. The molecule has 3 aromatic rings. The van der Waals surface area contributed by atoms with Gasteiger partial charge in [-0.15, -0.1) is 0 Å². The summed E-state index contributed by atoms with van der Waals surface area (Å²) in [4.78, 5) is 24.7. The summed E-state index contributed by atoms with van der Waals surface area (Å²) in [6.45, 7) is 3.26. The molecular weight excluding hydrogens is 458 g/mol. The number of aliphatic hydroxyl groups excluding tert-OH is 1. The van der Waals surface area contributed by atoms with E-state index in [1.165, 1.54) is 23.8 Å². The van der Waals surface area contributed by atoms with Gasteiger partial charge in [0.25, 0.3) is 0 Å². The number of carboxylic acid groups (broad SMARTS) is 1. The van der Waals surface area contributed by atoms with E-state index in [0.29, 0.717) is 6.07 Å².